The third-order valence-corrected chi connectivity index (χ3v) is 4.45. The van der Waals surface area contributed by atoms with Crippen molar-refractivity contribution in [2.45, 2.75) is 52.1 Å². The van der Waals surface area contributed by atoms with E-state index in [9.17, 15) is 0 Å². The van der Waals surface area contributed by atoms with E-state index < -0.39 is 0 Å². The molecule has 96 valence electrons. The first-order chi connectivity index (χ1) is 8.09. The van der Waals surface area contributed by atoms with Gasteiger partial charge in [0.2, 0.25) is 0 Å². The Morgan fingerprint density at radius 3 is 2.65 bits per heavy atom. The molecule has 1 atom stereocenters. The summed E-state index contributed by atoms with van der Waals surface area (Å²) in [6.07, 6.45) is 5.52. The highest BCUT2D eigenvalue weighted by Gasteiger charge is 2.21. The smallest absolute Gasteiger partial charge is 0.131 e. The molecule has 4 heteroatoms. The lowest BCUT2D eigenvalue weighted by Crippen LogP contribution is -2.31. The average Bonchev–Trinajstić information content (AvgIpc) is 2.88. The van der Waals surface area contributed by atoms with Crippen LogP contribution in [-0.4, -0.2) is 15.8 Å². The highest BCUT2D eigenvalue weighted by atomic mass is 35.5. The quantitative estimate of drug-likeness (QED) is 0.896. The molecule has 1 aliphatic carbocycles. The third-order valence-electron chi connectivity index (χ3n) is 3.98. The van der Waals surface area contributed by atoms with Gasteiger partial charge in [-0.15, -0.1) is 0 Å². The Kier molecular flexibility index (Phi) is 4.10. The first-order valence-electron chi connectivity index (χ1n) is 6.51. The largest absolute Gasteiger partial charge is 0.310 e. The first kappa shape index (κ1) is 12.9. The maximum Gasteiger partial charge on any atom is 0.131 e. The van der Waals surface area contributed by atoms with Crippen molar-refractivity contribution < 1.29 is 0 Å². The summed E-state index contributed by atoms with van der Waals surface area (Å²) in [6.45, 7) is 5.13. The van der Waals surface area contributed by atoms with Crippen LogP contribution in [0.1, 0.15) is 43.9 Å². The van der Waals surface area contributed by atoms with Crippen LogP contribution in [0.3, 0.4) is 0 Å². The second-order valence-corrected chi connectivity index (χ2v) is 5.55. The van der Waals surface area contributed by atoms with E-state index in [0.29, 0.717) is 6.04 Å². The number of aromatic nitrogens is 2. The van der Waals surface area contributed by atoms with Crippen LogP contribution in [0.15, 0.2) is 0 Å². The van der Waals surface area contributed by atoms with Crippen LogP contribution < -0.4 is 5.32 Å². The fourth-order valence-electron chi connectivity index (χ4n) is 2.76. The molecule has 0 aliphatic heterocycles. The first-order valence-corrected chi connectivity index (χ1v) is 6.88. The van der Waals surface area contributed by atoms with Gasteiger partial charge in [0, 0.05) is 25.2 Å². The highest BCUT2D eigenvalue weighted by molar-refractivity contribution is 6.30. The molecule has 1 aromatic rings. The second-order valence-electron chi connectivity index (χ2n) is 5.19. The average molecular weight is 256 g/mol. The van der Waals surface area contributed by atoms with Gasteiger partial charge in [-0.25, -0.2) is 0 Å². The minimum absolute atomic E-state index is 0.577. The Bertz CT molecular complexity index is 380. The summed E-state index contributed by atoms with van der Waals surface area (Å²) in [4.78, 5) is 0. The number of rotatable bonds is 4. The minimum Gasteiger partial charge on any atom is -0.310 e. The van der Waals surface area contributed by atoms with Gasteiger partial charge in [-0.2, -0.15) is 5.10 Å². The molecule has 1 saturated carbocycles. The van der Waals surface area contributed by atoms with E-state index >= 15 is 0 Å². The van der Waals surface area contributed by atoms with Crippen molar-refractivity contribution in [2.24, 2.45) is 13.0 Å². The molecule has 1 fully saturated rings. The molecule has 1 N–H and O–H groups in total. The SMILES string of the molecule is Cc1nn(C)c(Cl)c1CNC(C)C1CCCC1. The maximum atomic E-state index is 6.22. The van der Waals surface area contributed by atoms with E-state index in [2.05, 4.69) is 17.3 Å². The molecule has 0 saturated heterocycles. The van der Waals surface area contributed by atoms with Gasteiger partial charge in [0.25, 0.3) is 0 Å². The lowest BCUT2D eigenvalue weighted by molar-refractivity contribution is 0.380. The van der Waals surface area contributed by atoms with E-state index in [1.165, 1.54) is 25.7 Å². The Morgan fingerprint density at radius 2 is 2.12 bits per heavy atom. The summed E-state index contributed by atoms with van der Waals surface area (Å²) < 4.78 is 1.74. The lowest BCUT2D eigenvalue weighted by Gasteiger charge is -2.20. The maximum absolute atomic E-state index is 6.22. The fraction of sp³-hybridized carbons (Fsp3) is 0.769. The molecule has 1 heterocycles. The van der Waals surface area contributed by atoms with Crippen LogP contribution in [0.4, 0.5) is 0 Å². The minimum atomic E-state index is 0.577. The zero-order chi connectivity index (χ0) is 12.4. The zero-order valence-electron chi connectivity index (χ0n) is 11.0. The van der Waals surface area contributed by atoms with Crippen molar-refractivity contribution in [2.75, 3.05) is 0 Å². The molecule has 0 spiro atoms. The number of nitrogens with one attached hydrogen (secondary N) is 1. The van der Waals surface area contributed by atoms with Crippen LogP contribution in [0.2, 0.25) is 5.15 Å². The van der Waals surface area contributed by atoms with Crippen LogP contribution in [0.25, 0.3) is 0 Å². The molecule has 1 unspecified atom stereocenters. The molecule has 1 aliphatic rings. The normalized spacial score (nSPS) is 18.8. The van der Waals surface area contributed by atoms with Gasteiger partial charge in [-0.05, 0) is 32.6 Å². The molecule has 3 nitrogen and oxygen atoms in total. The zero-order valence-corrected chi connectivity index (χ0v) is 11.7. The highest BCUT2D eigenvalue weighted by Crippen LogP contribution is 2.28. The Hall–Kier alpha value is -0.540. The molecule has 0 aromatic carbocycles. The number of halogens is 1. The lowest BCUT2D eigenvalue weighted by atomic mass is 10.00. The molecule has 0 bridgehead atoms. The van der Waals surface area contributed by atoms with Gasteiger partial charge in [0.05, 0.1) is 5.69 Å². The summed E-state index contributed by atoms with van der Waals surface area (Å²) in [7, 11) is 1.89. The topological polar surface area (TPSA) is 29.9 Å². The monoisotopic (exact) mass is 255 g/mol. The van der Waals surface area contributed by atoms with Gasteiger partial charge in [0.1, 0.15) is 5.15 Å². The van der Waals surface area contributed by atoms with Crippen LogP contribution in [-0.2, 0) is 13.6 Å². The van der Waals surface area contributed by atoms with E-state index in [4.69, 9.17) is 11.6 Å². The summed E-state index contributed by atoms with van der Waals surface area (Å²) in [5, 5.41) is 8.69. The number of hydrogen-bond acceptors (Lipinski definition) is 2. The molecule has 17 heavy (non-hydrogen) atoms. The predicted octanol–water partition coefficient (Wildman–Crippen LogP) is 3.05. The van der Waals surface area contributed by atoms with E-state index in [1.807, 2.05) is 14.0 Å². The Labute approximate surface area is 109 Å². The van der Waals surface area contributed by atoms with Gasteiger partial charge >= 0.3 is 0 Å². The molecule has 0 radical (unpaired) electrons. The summed E-state index contributed by atoms with van der Waals surface area (Å²) in [6, 6.07) is 0.577. The van der Waals surface area contributed by atoms with Crippen LogP contribution in [0, 0.1) is 12.8 Å². The summed E-state index contributed by atoms with van der Waals surface area (Å²) in [5.74, 6) is 0.839. The summed E-state index contributed by atoms with van der Waals surface area (Å²) >= 11 is 6.22. The number of aryl methyl sites for hydroxylation is 2. The van der Waals surface area contributed by atoms with Crippen molar-refractivity contribution in [1.29, 1.82) is 0 Å². The molecular formula is C13H22ClN3. The summed E-state index contributed by atoms with van der Waals surface area (Å²) in [5.41, 5.74) is 2.17. The van der Waals surface area contributed by atoms with E-state index in [1.54, 1.807) is 4.68 Å². The molecule has 2 rings (SSSR count). The van der Waals surface area contributed by atoms with Gasteiger partial charge in [0.15, 0.2) is 0 Å². The third kappa shape index (κ3) is 2.83. The van der Waals surface area contributed by atoms with Gasteiger partial charge in [-0.3, -0.25) is 4.68 Å². The second kappa shape index (κ2) is 5.40. The van der Waals surface area contributed by atoms with Crippen molar-refractivity contribution in [3.63, 3.8) is 0 Å². The van der Waals surface area contributed by atoms with Crippen molar-refractivity contribution in [1.82, 2.24) is 15.1 Å². The van der Waals surface area contributed by atoms with Crippen molar-refractivity contribution >= 4 is 11.6 Å². The fourth-order valence-corrected chi connectivity index (χ4v) is 3.00. The standard InChI is InChI=1S/C13H22ClN3/c1-9(11-6-4-5-7-11)15-8-12-10(2)16-17(3)13(12)14/h9,11,15H,4-8H2,1-3H3. The number of hydrogen-bond donors (Lipinski definition) is 1. The van der Waals surface area contributed by atoms with E-state index in [-0.39, 0.29) is 0 Å². The van der Waals surface area contributed by atoms with Crippen LogP contribution in [0.5, 0.6) is 0 Å². The Morgan fingerprint density at radius 1 is 1.47 bits per heavy atom. The Balaban J connectivity index is 1.92. The molecule has 0 amide bonds. The molecule has 1 aromatic heterocycles. The van der Waals surface area contributed by atoms with Crippen molar-refractivity contribution in [3.8, 4) is 0 Å². The predicted molar refractivity (Wildman–Crippen MR) is 71.2 cm³/mol. The number of nitrogens with zero attached hydrogens (tertiary/aromatic N) is 2. The molecular weight excluding hydrogens is 234 g/mol. The van der Waals surface area contributed by atoms with Gasteiger partial charge < -0.3 is 5.32 Å². The van der Waals surface area contributed by atoms with E-state index in [0.717, 1.165) is 28.9 Å². The van der Waals surface area contributed by atoms with Gasteiger partial charge in [-0.1, -0.05) is 24.4 Å². The van der Waals surface area contributed by atoms with Crippen molar-refractivity contribution in [3.05, 3.63) is 16.4 Å². The van der Waals surface area contributed by atoms with Crippen LogP contribution >= 0.6 is 11.6 Å².